The van der Waals surface area contributed by atoms with Gasteiger partial charge in [-0.15, -0.1) is 0 Å². The van der Waals surface area contributed by atoms with Crippen LogP contribution in [0.5, 0.6) is 5.88 Å². The Balaban J connectivity index is 2.11. The number of aryl methyl sites for hydroxylation is 2. The van der Waals surface area contributed by atoms with Gasteiger partial charge in [-0.05, 0) is 31.8 Å². The first-order valence-electron chi connectivity index (χ1n) is 7.28. The van der Waals surface area contributed by atoms with Crippen molar-refractivity contribution in [2.75, 3.05) is 26.2 Å². The molecule has 2 N–H and O–H groups in total. The molecule has 0 saturated carbocycles. The van der Waals surface area contributed by atoms with Gasteiger partial charge in [0.25, 0.3) is 0 Å². The van der Waals surface area contributed by atoms with E-state index in [0.717, 1.165) is 19.5 Å². The molecule has 0 radical (unpaired) electrons. The van der Waals surface area contributed by atoms with Crippen LogP contribution in [-0.2, 0) is 13.6 Å². The van der Waals surface area contributed by atoms with Gasteiger partial charge < -0.3 is 10.5 Å². The molecule has 0 amide bonds. The zero-order chi connectivity index (χ0) is 16.5. The molecular formula is C14H23F3N4O. The Morgan fingerprint density at radius 3 is 2.64 bits per heavy atom. The first kappa shape index (κ1) is 17.1. The second-order valence-electron chi connectivity index (χ2n) is 6.37. The van der Waals surface area contributed by atoms with E-state index in [0.29, 0.717) is 24.3 Å². The second-order valence-corrected chi connectivity index (χ2v) is 6.37. The van der Waals surface area contributed by atoms with Crippen LogP contribution in [0.4, 0.5) is 13.2 Å². The number of halogens is 3. The number of ether oxygens (including phenoxy) is 1. The third-order valence-corrected chi connectivity index (χ3v) is 4.17. The molecule has 1 fully saturated rings. The number of hydrogen-bond acceptors (Lipinski definition) is 4. The van der Waals surface area contributed by atoms with Crippen LogP contribution < -0.4 is 10.5 Å². The first-order chi connectivity index (χ1) is 10.1. The van der Waals surface area contributed by atoms with E-state index < -0.39 is 12.8 Å². The minimum atomic E-state index is -4.36. The van der Waals surface area contributed by atoms with Gasteiger partial charge in [0.05, 0.1) is 11.3 Å². The minimum absolute atomic E-state index is 0.0725. The van der Waals surface area contributed by atoms with Crippen LogP contribution in [-0.4, -0.2) is 47.1 Å². The van der Waals surface area contributed by atoms with Gasteiger partial charge in [-0.25, -0.2) is 4.68 Å². The summed E-state index contributed by atoms with van der Waals surface area (Å²) < 4.78 is 43.5. The number of hydrogen-bond donors (Lipinski definition) is 1. The van der Waals surface area contributed by atoms with Crippen molar-refractivity contribution in [2.45, 2.75) is 33.0 Å². The summed E-state index contributed by atoms with van der Waals surface area (Å²) >= 11 is 0. The van der Waals surface area contributed by atoms with Gasteiger partial charge in [-0.3, -0.25) is 4.90 Å². The van der Waals surface area contributed by atoms with Gasteiger partial charge in [0.2, 0.25) is 5.88 Å². The molecule has 8 heteroatoms. The van der Waals surface area contributed by atoms with E-state index in [1.54, 1.807) is 14.0 Å². The summed E-state index contributed by atoms with van der Waals surface area (Å²) in [5.74, 6) is 0.191. The van der Waals surface area contributed by atoms with Gasteiger partial charge in [0.15, 0.2) is 6.61 Å². The highest BCUT2D eigenvalue weighted by Gasteiger charge is 2.34. The van der Waals surface area contributed by atoms with Crippen LogP contribution in [0.25, 0.3) is 0 Å². The van der Waals surface area contributed by atoms with E-state index in [1.807, 2.05) is 0 Å². The lowest BCUT2D eigenvalue weighted by molar-refractivity contribution is -0.154. The molecule has 5 nitrogen and oxygen atoms in total. The molecule has 1 aliphatic rings. The minimum Gasteiger partial charge on any atom is -0.468 e. The Morgan fingerprint density at radius 2 is 2.09 bits per heavy atom. The van der Waals surface area contributed by atoms with Crippen molar-refractivity contribution in [2.24, 2.45) is 18.2 Å². The number of rotatable bonds is 5. The Hall–Kier alpha value is -1.28. The molecule has 0 bridgehead atoms. The zero-order valence-electron chi connectivity index (χ0n) is 13.2. The highest BCUT2D eigenvalue weighted by atomic mass is 19.4. The second kappa shape index (κ2) is 6.08. The molecule has 0 aliphatic carbocycles. The molecule has 1 unspecified atom stereocenters. The summed E-state index contributed by atoms with van der Waals surface area (Å²) in [5.41, 5.74) is 7.27. The van der Waals surface area contributed by atoms with E-state index in [9.17, 15) is 13.2 Å². The number of aromatic nitrogens is 2. The van der Waals surface area contributed by atoms with Crippen LogP contribution in [0.1, 0.15) is 24.6 Å². The Morgan fingerprint density at radius 1 is 1.41 bits per heavy atom. The van der Waals surface area contributed by atoms with Crippen LogP contribution in [0.3, 0.4) is 0 Å². The molecule has 22 heavy (non-hydrogen) atoms. The number of nitrogens with two attached hydrogens (primary N) is 1. The average molecular weight is 320 g/mol. The molecule has 2 heterocycles. The van der Waals surface area contributed by atoms with Crippen molar-refractivity contribution in [3.8, 4) is 5.88 Å². The first-order valence-corrected chi connectivity index (χ1v) is 7.28. The summed E-state index contributed by atoms with van der Waals surface area (Å²) in [6, 6.07) is 0. The lowest BCUT2D eigenvalue weighted by atomic mass is 9.90. The van der Waals surface area contributed by atoms with E-state index in [-0.39, 0.29) is 11.3 Å². The fourth-order valence-electron chi connectivity index (χ4n) is 2.84. The number of likely N-dealkylation sites (tertiary alicyclic amines) is 1. The maximum absolute atomic E-state index is 12.4. The van der Waals surface area contributed by atoms with Crippen LogP contribution in [0.15, 0.2) is 0 Å². The third-order valence-electron chi connectivity index (χ3n) is 4.17. The van der Waals surface area contributed by atoms with Gasteiger partial charge in [0.1, 0.15) is 0 Å². The summed E-state index contributed by atoms with van der Waals surface area (Å²) in [4.78, 5) is 2.19. The standard InChI is InChI=1S/C14H23F3N4O/c1-10-11(6-21-5-4-13(2,7-18)8-21)12(20(3)19-10)22-9-14(15,16)17/h4-9,18H2,1-3H3. The lowest BCUT2D eigenvalue weighted by Gasteiger charge is -2.22. The molecule has 126 valence electrons. The number of nitrogens with zero attached hydrogens (tertiary/aromatic N) is 3. The zero-order valence-corrected chi connectivity index (χ0v) is 13.2. The van der Waals surface area contributed by atoms with Gasteiger partial charge >= 0.3 is 6.18 Å². The molecule has 2 rings (SSSR count). The van der Waals surface area contributed by atoms with E-state index >= 15 is 0 Å². The van der Waals surface area contributed by atoms with Crippen molar-refractivity contribution in [1.82, 2.24) is 14.7 Å². The molecule has 1 aliphatic heterocycles. The molecular weight excluding hydrogens is 297 g/mol. The largest absolute Gasteiger partial charge is 0.468 e. The van der Waals surface area contributed by atoms with Crippen molar-refractivity contribution in [1.29, 1.82) is 0 Å². The van der Waals surface area contributed by atoms with Crippen molar-refractivity contribution in [3.63, 3.8) is 0 Å². The normalized spacial score (nSPS) is 23.2. The highest BCUT2D eigenvalue weighted by Crippen LogP contribution is 2.32. The van der Waals surface area contributed by atoms with Gasteiger partial charge in [0, 0.05) is 20.1 Å². The Labute approximate surface area is 128 Å². The third kappa shape index (κ3) is 3.92. The summed E-state index contributed by atoms with van der Waals surface area (Å²) in [6.45, 7) is 5.45. The maximum atomic E-state index is 12.4. The molecule has 0 aromatic carbocycles. The molecule has 1 atom stereocenters. The van der Waals surface area contributed by atoms with E-state index in [4.69, 9.17) is 10.5 Å². The van der Waals surface area contributed by atoms with Crippen molar-refractivity contribution >= 4 is 0 Å². The quantitative estimate of drug-likeness (QED) is 0.899. The highest BCUT2D eigenvalue weighted by molar-refractivity contribution is 5.31. The predicted molar refractivity (Wildman–Crippen MR) is 76.6 cm³/mol. The average Bonchev–Trinajstić information content (AvgIpc) is 2.90. The van der Waals surface area contributed by atoms with Crippen LogP contribution in [0, 0.1) is 12.3 Å². The number of alkyl halides is 3. The SMILES string of the molecule is Cc1nn(C)c(OCC(F)(F)F)c1CN1CCC(C)(CN)C1. The summed E-state index contributed by atoms with van der Waals surface area (Å²) in [5, 5.41) is 4.18. The van der Waals surface area contributed by atoms with Crippen molar-refractivity contribution in [3.05, 3.63) is 11.3 Å². The molecule has 1 aromatic rings. The van der Waals surface area contributed by atoms with Crippen LogP contribution in [0.2, 0.25) is 0 Å². The van der Waals surface area contributed by atoms with E-state index in [2.05, 4.69) is 16.9 Å². The monoisotopic (exact) mass is 320 g/mol. The van der Waals surface area contributed by atoms with E-state index in [1.165, 1.54) is 4.68 Å². The Bertz CT molecular complexity index is 529. The Kier molecular flexibility index (Phi) is 4.72. The topological polar surface area (TPSA) is 56.3 Å². The van der Waals surface area contributed by atoms with Crippen molar-refractivity contribution < 1.29 is 17.9 Å². The smallest absolute Gasteiger partial charge is 0.422 e. The van der Waals surface area contributed by atoms with Gasteiger partial charge in [-0.2, -0.15) is 18.3 Å². The summed E-state index contributed by atoms with van der Waals surface area (Å²) in [7, 11) is 1.59. The lowest BCUT2D eigenvalue weighted by Crippen LogP contribution is -2.31. The molecule has 1 aromatic heterocycles. The predicted octanol–water partition coefficient (Wildman–Crippen LogP) is 1.84. The van der Waals surface area contributed by atoms with Crippen LogP contribution >= 0.6 is 0 Å². The van der Waals surface area contributed by atoms with Gasteiger partial charge in [-0.1, -0.05) is 6.92 Å². The fourth-order valence-corrected chi connectivity index (χ4v) is 2.84. The summed E-state index contributed by atoms with van der Waals surface area (Å²) in [6.07, 6.45) is -3.37. The molecule has 1 saturated heterocycles. The fraction of sp³-hybridized carbons (Fsp3) is 0.786. The maximum Gasteiger partial charge on any atom is 0.422 e. The molecule has 0 spiro atoms.